The van der Waals surface area contributed by atoms with Crippen LogP contribution in [0.1, 0.15) is 39.0 Å². The Morgan fingerprint density at radius 1 is 1.50 bits per heavy atom. The Labute approximate surface area is 108 Å². The van der Waals surface area contributed by atoms with Crippen LogP contribution in [0, 0.1) is 11.8 Å². The van der Waals surface area contributed by atoms with Gasteiger partial charge in [0, 0.05) is 25.9 Å². The van der Waals surface area contributed by atoms with Gasteiger partial charge in [-0.25, -0.2) is 0 Å². The molecule has 1 rings (SSSR count). The normalized spacial score (nSPS) is 21.7. The topological polar surface area (TPSA) is 83.6 Å². The lowest BCUT2D eigenvalue weighted by Crippen LogP contribution is -2.41. The van der Waals surface area contributed by atoms with E-state index in [1.54, 1.807) is 0 Å². The van der Waals surface area contributed by atoms with Crippen molar-refractivity contribution in [2.45, 2.75) is 39.0 Å². The van der Waals surface area contributed by atoms with Crippen LogP contribution in [-0.2, 0) is 9.59 Å². The average Bonchev–Trinajstić information content (AvgIpc) is 2.36. The molecule has 0 aromatic carbocycles. The molecule has 2 unspecified atom stereocenters. The number of carboxylic acids is 1. The van der Waals surface area contributed by atoms with Crippen LogP contribution in [0.15, 0.2) is 0 Å². The number of hydrogen-bond acceptors (Lipinski definition) is 3. The molecule has 18 heavy (non-hydrogen) atoms. The highest BCUT2D eigenvalue weighted by atomic mass is 16.4. The van der Waals surface area contributed by atoms with E-state index in [2.05, 4.69) is 0 Å². The summed E-state index contributed by atoms with van der Waals surface area (Å²) in [5.41, 5.74) is 5.52. The Hall–Kier alpha value is -1.10. The van der Waals surface area contributed by atoms with Crippen LogP contribution in [0.5, 0.6) is 0 Å². The Kier molecular flexibility index (Phi) is 6.12. The first kappa shape index (κ1) is 15.0. The van der Waals surface area contributed by atoms with Crippen LogP contribution < -0.4 is 5.73 Å². The van der Waals surface area contributed by atoms with E-state index >= 15 is 0 Å². The quantitative estimate of drug-likeness (QED) is 0.744. The molecule has 0 aromatic rings. The second-order valence-electron chi connectivity index (χ2n) is 5.33. The average molecular weight is 256 g/mol. The molecule has 1 amide bonds. The predicted octanol–water partition coefficient (Wildman–Crippen LogP) is 1.07. The maximum atomic E-state index is 12.0. The van der Waals surface area contributed by atoms with Gasteiger partial charge in [0.25, 0.3) is 0 Å². The summed E-state index contributed by atoms with van der Waals surface area (Å²) >= 11 is 0. The Morgan fingerprint density at radius 3 is 2.83 bits per heavy atom. The van der Waals surface area contributed by atoms with Crippen LogP contribution in [0.2, 0.25) is 0 Å². The van der Waals surface area contributed by atoms with Crippen LogP contribution >= 0.6 is 0 Å². The molecule has 1 aliphatic rings. The van der Waals surface area contributed by atoms with E-state index in [-0.39, 0.29) is 18.2 Å². The van der Waals surface area contributed by atoms with E-state index < -0.39 is 5.97 Å². The molecule has 0 bridgehead atoms. The van der Waals surface area contributed by atoms with Crippen LogP contribution in [0.3, 0.4) is 0 Å². The molecule has 1 aliphatic heterocycles. The second-order valence-corrected chi connectivity index (χ2v) is 5.33. The lowest BCUT2D eigenvalue weighted by Gasteiger charge is -2.33. The zero-order chi connectivity index (χ0) is 13.5. The van der Waals surface area contributed by atoms with Crippen molar-refractivity contribution in [3.63, 3.8) is 0 Å². The fraction of sp³-hybridized carbons (Fsp3) is 0.846. The lowest BCUT2D eigenvalue weighted by atomic mass is 9.93. The number of hydrogen-bond donors (Lipinski definition) is 2. The summed E-state index contributed by atoms with van der Waals surface area (Å²) in [6.07, 6.45) is 3.39. The molecule has 0 aromatic heterocycles. The molecule has 0 spiro atoms. The Morgan fingerprint density at radius 2 is 2.22 bits per heavy atom. The molecule has 0 radical (unpaired) electrons. The minimum absolute atomic E-state index is 0.160. The first-order valence-electron chi connectivity index (χ1n) is 6.72. The highest BCUT2D eigenvalue weighted by molar-refractivity contribution is 5.76. The summed E-state index contributed by atoms with van der Waals surface area (Å²) in [6, 6.07) is 0. The monoisotopic (exact) mass is 256 g/mol. The molecule has 1 fully saturated rings. The summed E-state index contributed by atoms with van der Waals surface area (Å²) in [6.45, 7) is 4.02. The predicted molar refractivity (Wildman–Crippen MR) is 69.0 cm³/mol. The van der Waals surface area contributed by atoms with Crippen molar-refractivity contribution in [3.05, 3.63) is 0 Å². The minimum atomic E-state index is -0.754. The third-order valence-electron chi connectivity index (χ3n) is 3.56. The fourth-order valence-electron chi connectivity index (χ4n) is 2.37. The summed E-state index contributed by atoms with van der Waals surface area (Å²) in [7, 11) is 0. The molecular formula is C13H24N2O3. The van der Waals surface area contributed by atoms with Gasteiger partial charge in [0.05, 0.1) is 0 Å². The van der Waals surface area contributed by atoms with Gasteiger partial charge in [-0.15, -0.1) is 0 Å². The maximum absolute atomic E-state index is 12.0. The molecular weight excluding hydrogens is 232 g/mol. The zero-order valence-electron chi connectivity index (χ0n) is 11.1. The van der Waals surface area contributed by atoms with E-state index in [1.807, 2.05) is 11.8 Å². The number of carboxylic acid groups (broad SMARTS) is 1. The third kappa shape index (κ3) is 5.04. The number of aliphatic carboxylic acids is 1. The second kappa shape index (κ2) is 7.36. The highest BCUT2D eigenvalue weighted by Gasteiger charge is 2.24. The van der Waals surface area contributed by atoms with Gasteiger partial charge in [0.15, 0.2) is 0 Å². The number of carbonyl (C=O) groups excluding carboxylic acids is 1. The first-order valence-corrected chi connectivity index (χ1v) is 6.72. The number of nitrogens with zero attached hydrogens (tertiary/aromatic N) is 1. The molecule has 0 aliphatic carbocycles. The van der Waals surface area contributed by atoms with Crippen molar-refractivity contribution in [1.82, 2.24) is 4.90 Å². The molecule has 3 N–H and O–H groups in total. The van der Waals surface area contributed by atoms with Gasteiger partial charge in [-0.2, -0.15) is 0 Å². The van der Waals surface area contributed by atoms with E-state index in [9.17, 15) is 9.59 Å². The van der Waals surface area contributed by atoms with E-state index in [4.69, 9.17) is 10.8 Å². The minimum Gasteiger partial charge on any atom is -0.481 e. The van der Waals surface area contributed by atoms with Crippen molar-refractivity contribution in [2.75, 3.05) is 19.6 Å². The molecule has 104 valence electrons. The largest absolute Gasteiger partial charge is 0.481 e. The van der Waals surface area contributed by atoms with Crippen molar-refractivity contribution in [1.29, 1.82) is 0 Å². The van der Waals surface area contributed by atoms with Gasteiger partial charge in [0.1, 0.15) is 0 Å². The number of nitrogens with two attached hydrogens (primary N) is 1. The van der Waals surface area contributed by atoms with Crippen LogP contribution in [0.4, 0.5) is 0 Å². The van der Waals surface area contributed by atoms with Gasteiger partial charge in [-0.1, -0.05) is 6.92 Å². The summed E-state index contributed by atoms with van der Waals surface area (Å²) in [4.78, 5) is 24.4. The lowest BCUT2D eigenvalue weighted by molar-refractivity contribution is -0.137. The molecule has 5 nitrogen and oxygen atoms in total. The first-order chi connectivity index (χ1) is 8.52. The molecule has 2 atom stereocenters. The standard InChI is InChI=1S/C13H24N2O3/c1-10(8-14)7-12(16)15-6-2-3-11(9-15)4-5-13(17)18/h10-11H,2-9,14H2,1H3,(H,17,18). The van der Waals surface area contributed by atoms with Crippen molar-refractivity contribution < 1.29 is 14.7 Å². The van der Waals surface area contributed by atoms with Crippen LogP contribution in [-0.4, -0.2) is 41.5 Å². The maximum Gasteiger partial charge on any atom is 0.303 e. The van der Waals surface area contributed by atoms with Gasteiger partial charge in [-0.05, 0) is 37.6 Å². The zero-order valence-corrected chi connectivity index (χ0v) is 11.1. The Balaban J connectivity index is 2.38. The number of piperidine rings is 1. The third-order valence-corrected chi connectivity index (χ3v) is 3.56. The van der Waals surface area contributed by atoms with Gasteiger partial charge >= 0.3 is 5.97 Å². The van der Waals surface area contributed by atoms with E-state index in [0.29, 0.717) is 31.8 Å². The van der Waals surface area contributed by atoms with Crippen molar-refractivity contribution in [3.8, 4) is 0 Å². The van der Waals surface area contributed by atoms with Crippen LogP contribution in [0.25, 0.3) is 0 Å². The smallest absolute Gasteiger partial charge is 0.303 e. The molecule has 5 heteroatoms. The summed E-state index contributed by atoms with van der Waals surface area (Å²) in [5.74, 6) is -0.0351. The van der Waals surface area contributed by atoms with Gasteiger partial charge in [0.2, 0.25) is 5.91 Å². The molecule has 0 saturated carbocycles. The van der Waals surface area contributed by atoms with E-state index in [1.165, 1.54) is 0 Å². The fourth-order valence-corrected chi connectivity index (χ4v) is 2.37. The van der Waals surface area contributed by atoms with Gasteiger partial charge < -0.3 is 15.7 Å². The number of rotatable bonds is 6. The number of likely N-dealkylation sites (tertiary alicyclic amines) is 1. The summed E-state index contributed by atoms with van der Waals surface area (Å²) in [5, 5.41) is 8.68. The van der Waals surface area contributed by atoms with Crippen molar-refractivity contribution in [2.24, 2.45) is 17.6 Å². The van der Waals surface area contributed by atoms with Crippen molar-refractivity contribution >= 4 is 11.9 Å². The number of amides is 1. The Bertz CT molecular complexity index is 294. The number of carbonyl (C=O) groups is 2. The van der Waals surface area contributed by atoms with Gasteiger partial charge in [-0.3, -0.25) is 9.59 Å². The highest BCUT2D eigenvalue weighted by Crippen LogP contribution is 2.22. The summed E-state index contributed by atoms with van der Waals surface area (Å²) < 4.78 is 0. The van der Waals surface area contributed by atoms with E-state index in [0.717, 1.165) is 19.4 Å². The molecule has 1 heterocycles. The molecule has 1 saturated heterocycles. The SMILES string of the molecule is CC(CN)CC(=O)N1CCCC(CCC(=O)O)C1.